The summed E-state index contributed by atoms with van der Waals surface area (Å²) in [5, 5.41) is 10.6. The third kappa shape index (κ3) is 2.58. The number of hydrogen-bond acceptors (Lipinski definition) is 3. The first-order valence-electron chi connectivity index (χ1n) is 8.11. The van der Waals surface area contributed by atoms with Crippen molar-refractivity contribution in [3.05, 3.63) is 46.4 Å². The Labute approximate surface area is 139 Å². The smallest absolute Gasteiger partial charge is 0.311 e. The zero-order valence-corrected chi connectivity index (χ0v) is 13.5. The second-order valence-electron chi connectivity index (χ2n) is 6.35. The summed E-state index contributed by atoms with van der Waals surface area (Å²) < 4.78 is 0. The molecular formula is C18H20N2O4. The molecule has 1 fully saturated rings. The molecule has 3 rings (SSSR count). The van der Waals surface area contributed by atoms with E-state index in [0.29, 0.717) is 42.1 Å². The van der Waals surface area contributed by atoms with Crippen molar-refractivity contribution in [1.82, 2.24) is 9.88 Å². The normalized spacial score (nSPS) is 21.0. The summed E-state index contributed by atoms with van der Waals surface area (Å²) in [7, 11) is 0. The van der Waals surface area contributed by atoms with Gasteiger partial charge in [0, 0.05) is 30.1 Å². The van der Waals surface area contributed by atoms with Gasteiger partial charge in [-0.15, -0.1) is 0 Å². The Kier molecular flexibility index (Phi) is 4.13. The molecule has 0 bridgehead atoms. The summed E-state index contributed by atoms with van der Waals surface area (Å²) >= 11 is 0. The van der Waals surface area contributed by atoms with E-state index in [2.05, 4.69) is 4.98 Å². The molecular weight excluding hydrogens is 308 g/mol. The monoisotopic (exact) mass is 328 g/mol. The van der Waals surface area contributed by atoms with Gasteiger partial charge in [-0.3, -0.25) is 14.4 Å². The predicted octanol–water partition coefficient (Wildman–Crippen LogP) is 2.25. The molecule has 24 heavy (non-hydrogen) atoms. The minimum absolute atomic E-state index is 0.200. The molecule has 1 aliphatic rings. The van der Waals surface area contributed by atoms with Crippen LogP contribution >= 0.6 is 0 Å². The lowest BCUT2D eigenvalue weighted by molar-refractivity contribution is -0.152. The number of carbonyl (C=O) groups is 2. The molecule has 0 radical (unpaired) electrons. The molecule has 1 aromatic carbocycles. The number of nitrogens with zero attached hydrogens (tertiary/aromatic N) is 1. The molecule has 2 aromatic rings. The van der Waals surface area contributed by atoms with E-state index < -0.39 is 11.4 Å². The van der Waals surface area contributed by atoms with Gasteiger partial charge in [-0.1, -0.05) is 25.1 Å². The molecule has 0 spiro atoms. The Morgan fingerprint density at radius 3 is 2.67 bits per heavy atom. The first-order valence-corrected chi connectivity index (χ1v) is 8.11. The number of aliphatic carboxylic acids is 1. The van der Waals surface area contributed by atoms with E-state index in [0.717, 1.165) is 0 Å². The van der Waals surface area contributed by atoms with Crippen LogP contribution in [0.4, 0.5) is 0 Å². The van der Waals surface area contributed by atoms with Gasteiger partial charge in [-0.25, -0.2) is 0 Å². The summed E-state index contributed by atoms with van der Waals surface area (Å²) in [4.78, 5) is 40.8. The van der Waals surface area contributed by atoms with Gasteiger partial charge in [0.05, 0.1) is 11.0 Å². The number of benzene rings is 1. The van der Waals surface area contributed by atoms with E-state index in [4.69, 9.17) is 0 Å². The number of hydrogen-bond donors (Lipinski definition) is 2. The average molecular weight is 328 g/mol. The Bertz CT molecular complexity index is 857. The highest BCUT2D eigenvalue weighted by Gasteiger charge is 2.42. The number of amides is 1. The lowest BCUT2D eigenvalue weighted by Gasteiger charge is -2.39. The minimum atomic E-state index is -0.883. The van der Waals surface area contributed by atoms with Crippen molar-refractivity contribution in [3.8, 4) is 0 Å². The highest BCUT2D eigenvalue weighted by atomic mass is 16.4. The summed E-state index contributed by atoms with van der Waals surface area (Å²) in [6.45, 7) is 2.57. The van der Waals surface area contributed by atoms with Crippen LogP contribution in [0.1, 0.15) is 36.5 Å². The molecule has 1 aromatic heterocycles. The number of carboxylic acids is 1. The first-order chi connectivity index (χ1) is 11.5. The molecule has 2 N–H and O–H groups in total. The average Bonchev–Trinajstić information content (AvgIpc) is 2.61. The number of aromatic amines is 1. The Morgan fingerprint density at radius 2 is 2.00 bits per heavy atom. The fraction of sp³-hybridized carbons (Fsp3) is 0.389. The second kappa shape index (κ2) is 6.11. The van der Waals surface area contributed by atoms with Crippen molar-refractivity contribution < 1.29 is 14.7 Å². The molecule has 1 unspecified atom stereocenters. The number of piperidine rings is 1. The van der Waals surface area contributed by atoms with E-state index >= 15 is 0 Å². The maximum absolute atomic E-state index is 13.0. The van der Waals surface area contributed by atoms with E-state index in [1.54, 1.807) is 29.2 Å². The molecule has 6 nitrogen and oxygen atoms in total. The van der Waals surface area contributed by atoms with Gasteiger partial charge in [0.25, 0.3) is 11.5 Å². The zero-order chi connectivity index (χ0) is 17.3. The lowest BCUT2D eigenvalue weighted by atomic mass is 9.77. The number of carbonyl (C=O) groups excluding carboxylic acids is 1. The number of rotatable bonds is 3. The summed E-state index contributed by atoms with van der Waals surface area (Å²) in [5.74, 6) is -1.09. The van der Waals surface area contributed by atoms with E-state index in [1.807, 2.05) is 6.92 Å². The van der Waals surface area contributed by atoms with E-state index in [-0.39, 0.29) is 18.0 Å². The van der Waals surface area contributed by atoms with Crippen molar-refractivity contribution >= 4 is 22.6 Å². The molecule has 6 heteroatoms. The minimum Gasteiger partial charge on any atom is -0.481 e. The number of fused-ring (bicyclic) bond motifs is 1. The van der Waals surface area contributed by atoms with Crippen LogP contribution in [0, 0.1) is 5.41 Å². The molecule has 1 saturated heterocycles. The molecule has 0 saturated carbocycles. The molecule has 1 aliphatic heterocycles. The Hall–Kier alpha value is -2.63. The standard InChI is InChI=1S/C18H20N2O4/c1-2-18(17(23)24)8-5-9-20(11-18)16(22)14-10-19-15(21)13-7-4-3-6-12(13)14/h3-4,6-7,10H,2,5,8-9,11H2,1H3,(H,19,21)(H,23,24). The van der Waals surface area contributed by atoms with E-state index in [9.17, 15) is 19.5 Å². The van der Waals surface area contributed by atoms with Crippen molar-refractivity contribution in [1.29, 1.82) is 0 Å². The lowest BCUT2D eigenvalue weighted by Crippen LogP contribution is -2.49. The molecule has 0 aliphatic carbocycles. The van der Waals surface area contributed by atoms with Crippen molar-refractivity contribution in [3.63, 3.8) is 0 Å². The Morgan fingerprint density at radius 1 is 1.29 bits per heavy atom. The number of H-pyrrole nitrogens is 1. The quantitative estimate of drug-likeness (QED) is 0.904. The maximum Gasteiger partial charge on any atom is 0.311 e. The molecule has 126 valence electrons. The van der Waals surface area contributed by atoms with E-state index in [1.165, 1.54) is 6.20 Å². The number of carboxylic acid groups (broad SMARTS) is 1. The summed E-state index contributed by atoms with van der Waals surface area (Å²) in [5.41, 5.74) is -0.719. The number of nitrogens with one attached hydrogen (secondary N) is 1. The number of likely N-dealkylation sites (tertiary alicyclic amines) is 1. The SMILES string of the molecule is CCC1(C(=O)O)CCCN(C(=O)c2c[nH]c(=O)c3ccccc23)C1. The van der Waals surface area contributed by atoms with Crippen LogP contribution in [0.5, 0.6) is 0 Å². The predicted molar refractivity (Wildman–Crippen MR) is 90.1 cm³/mol. The highest BCUT2D eigenvalue weighted by Crippen LogP contribution is 2.34. The number of pyridine rings is 1. The third-order valence-electron chi connectivity index (χ3n) is 5.03. The van der Waals surface area contributed by atoms with Gasteiger partial charge >= 0.3 is 5.97 Å². The largest absolute Gasteiger partial charge is 0.481 e. The first kappa shape index (κ1) is 16.2. The fourth-order valence-corrected chi connectivity index (χ4v) is 3.48. The van der Waals surface area contributed by atoms with Crippen molar-refractivity contribution in [2.24, 2.45) is 5.41 Å². The summed E-state index contributed by atoms with van der Waals surface area (Å²) in [6, 6.07) is 6.95. The highest BCUT2D eigenvalue weighted by molar-refractivity contribution is 6.06. The third-order valence-corrected chi connectivity index (χ3v) is 5.03. The zero-order valence-electron chi connectivity index (χ0n) is 13.5. The fourth-order valence-electron chi connectivity index (χ4n) is 3.48. The maximum atomic E-state index is 13.0. The van der Waals surface area contributed by atoms with Crippen LogP contribution in [0.2, 0.25) is 0 Å². The molecule has 2 heterocycles. The summed E-state index contributed by atoms with van der Waals surface area (Å²) in [6.07, 6.45) is 3.15. The van der Waals surface area contributed by atoms with Crippen LogP contribution in [-0.2, 0) is 4.79 Å². The van der Waals surface area contributed by atoms with Gasteiger partial charge in [0.15, 0.2) is 0 Å². The van der Waals surface area contributed by atoms with Crippen molar-refractivity contribution in [2.75, 3.05) is 13.1 Å². The molecule has 1 atom stereocenters. The van der Waals surface area contributed by atoms with Gasteiger partial charge in [0.1, 0.15) is 0 Å². The van der Waals surface area contributed by atoms with Gasteiger partial charge in [-0.2, -0.15) is 0 Å². The van der Waals surface area contributed by atoms with Crippen LogP contribution < -0.4 is 5.56 Å². The van der Waals surface area contributed by atoms with Gasteiger partial charge < -0.3 is 15.0 Å². The molecule has 1 amide bonds. The van der Waals surface area contributed by atoms with Crippen LogP contribution in [0.15, 0.2) is 35.3 Å². The van der Waals surface area contributed by atoms with Crippen LogP contribution in [0.3, 0.4) is 0 Å². The second-order valence-corrected chi connectivity index (χ2v) is 6.35. The van der Waals surface area contributed by atoms with Gasteiger partial charge in [0.2, 0.25) is 0 Å². The van der Waals surface area contributed by atoms with Crippen LogP contribution in [-0.4, -0.2) is 40.0 Å². The topological polar surface area (TPSA) is 90.5 Å². The number of aromatic nitrogens is 1. The van der Waals surface area contributed by atoms with Gasteiger partial charge in [-0.05, 0) is 25.3 Å². The van der Waals surface area contributed by atoms with Crippen LogP contribution in [0.25, 0.3) is 10.8 Å². The Balaban J connectivity index is 1.99. The van der Waals surface area contributed by atoms with Crippen molar-refractivity contribution in [2.45, 2.75) is 26.2 Å².